The molecule has 15 heavy (non-hydrogen) atoms. The van der Waals surface area contributed by atoms with Crippen LogP contribution in [0.5, 0.6) is 0 Å². The van der Waals surface area contributed by atoms with Crippen LogP contribution in [0, 0.1) is 12.8 Å². The SMILES string of the molecule is Cc1sc(C(Cl)C2OCCC2C)cc1Br. The number of ether oxygens (including phenoxy) is 1. The average molecular weight is 310 g/mol. The molecule has 1 aliphatic rings. The minimum absolute atomic E-state index is 0.00231. The van der Waals surface area contributed by atoms with E-state index < -0.39 is 0 Å². The highest BCUT2D eigenvalue weighted by Gasteiger charge is 2.32. The van der Waals surface area contributed by atoms with Crippen LogP contribution in [0.25, 0.3) is 0 Å². The lowest BCUT2D eigenvalue weighted by atomic mass is 10.0. The average Bonchev–Trinajstić information content (AvgIpc) is 2.74. The number of alkyl halides is 1. The summed E-state index contributed by atoms with van der Waals surface area (Å²) in [5.41, 5.74) is 0. The van der Waals surface area contributed by atoms with Crippen LogP contribution in [0.2, 0.25) is 0 Å². The second-order valence-electron chi connectivity index (χ2n) is 4.06. The van der Waals surface area contributed by atoms with Gasteiger partial charge in [0, 0.05) is 20.8 Å². The van der Waals surface area contributed by atoms with Gasteiger partial charge in [-0.05, 0) is 41.3 Å². The van der Waals surface area contributed by atoms with Crippen LogP contribution in [0.3, 0.4) is 0 Å². The molecule has 84 valence electrons. The standard InChI is InChI=1S/C11H14BrClOS/c1-6-3-4-14-11(6)10(13)9-5-8(12)7(2)15-9/h5-6,10-11H,3-4H2,1-2H3. The van der Waals surface area contributed by atoms with E-state index in [1.54, 1.807) is 11.3 Å². The van der Waals surface area contributed by atoms with Crippen molar-refractivity contribution in [2.75, 3.05) is 6.61 Å². The minimum atomic E-state index is -0.00231. The molecule has 0 aromatic carbocycles. The van der Waals surface area contributed by atoms with Crippen molar-refractivity contribution < 1.29 is 4.74 Å². The normalized spacial score (nSPS) is 28.3. The van der Waals surface area contributed by atoms with Crippen LogP contribution in [0.4, 0.5) is 0 Å². The molecule has 2 heterocycles. The molecule has 0 aliphatic carbocycles. The predicted octanol–water partition coefficient (Wildman–Crippen LogP) is 4.52. The first-order valence-corrected chi connectivity index (χ1v) is 7.15. The highest BCUT2D eigenvalue weighted by Crippen LogP contribution is 2.40. The van der Waals surface area contributed by atoms with Gasteiger partial charge in [0.25, 0.3) is 0 Å². The van der Waals surface area contributed by atoms with E-state index in [1.165, 1.54) is 9.75 Å². The van der Waals surface area contributed by atoms with E-state index in [9.17, 15) is 0 Å². The van der Waals surface area contributed by atoms with Crippen LogP contribution < -0.4 is 0 Å². The third-order valence-electron chi connectivity index (χ3n) is 2.88. The maximum Gasteiger partial charge on any atom is 0.0942 e. The summed E-state index contributed by atoms with van der Waals surface area (Å²) >= 11 is 11.7. The second kappa shape index (κ2) is 4.74. The van der Waals surface area contributed by atoms with Gasteiger partial charge in [0.05, 0.1) is 11.5 Å². The summed E-state index contributed by atoms with van der Waals surface area (Å²) < 4.78 is 6.84. The van der Waals surface area contributed by atoms with Gasteiger partial charge in [-0.2, -0.15) is 0 Å². The van der Waals surface area contributed by atoms with E-state index in [-0.39, 0.29) is 11.5 Å². The van der Waals surface area contributed by atoms with Crippen molar-refractivity contribution in [3.63, 3.8) is 0 Å². The molecule has 0 bridgehead atoms. The number of thiophene rings is 1. The van der Waals surface area contributed by atoms with Crippen LogP contribution in [0.1, 0.15) is 28.5 Å². The molecule has 1 aliphatic heterocycles. The van der Waals surface area contributed by atoms with E-state index >= 15 is 0 Å². The smallest absolute Gasteiger partial charge is 0.0942 e. The van der Waals surface area contributed by atoms with Gasteiger partial charge in [-0.3, -0.25) is 0 Å². The Balaban J connectivity index is 2.16. The Kier molecular flexibility index (Phi) is 3.76. The Hall–Kier alpha value is 0.430. The number of halogens is 2. The molecule has 4 heteroatoms. The van der Waals surface area contributed by atoms with E-state index in [0.29, 0.717) is 5.92 Å². The lowest BCUT2D eigenvalue weighted by Crippen LogP contribution is -2.18. The Bertz CT molecular complexity index is 333. The Labute approximate surface area is 108 Å². The molecule has 1 fully saturated rings. The molecule has 2 rings (SSSR count). The number of hydrogen-bond donors (Lipinski definition) is 0. The summed E-state index contributed by atoms with van der Waals surface area (Å²) in [6, 6.07) is 2.12. The summed E-state index contributed by atoms with van der Waals surface area (Å²) in [6.07, 6.45) is 1.30. The van der Waals surface area contributed by atoms with E-state index in [4.69, 9.17) is 16.3 Å². The number of hydrogen-bond acceptors (Lipinski definition) is 2. The Morgan fingerprint density at radius 2 is 2.40 bits per heavy atom. The van der Waals surface area contributed by atoms with Gasteiger partial charge in [0.2, 0.25) is 0 Å². The van der Waals surface area contributed by atoms with Gasteiger partial charge < -0.3 is 4.74 Å². The molecular weight excluding hydrogens is 296 g/mol. The Morgan fingerprint density at radius 1 is 1.67 bits per heavy atom. The van der Waals surface area contributed by atoms with Gasteiger partial charge >= 0.3 is 0 Å². The lowest BCUT2D eigenvalue weighted by Gasteiger charge is -2.19. The van der Waals surface area contributed by atoms with Crippen LogP contribution in [0.15, 0.2) is 10.5 Å². The molecule has 1 aromatic heterocycles. The first-order valence-electron chi connectivity index (χ1n) is 5.11. The maximum atomic E-state index is 6.46. The molecule has 0 amide bonds. The Morgan fingerprint density at radius 3 is 2.87 bits per heavy atom. The molecule has 3 atom stereocenters. The zero-order valence-electron chi connectivity index (χ0n) is 8.80. The van der Waals surface area contributed by atoms with Gasteiger partial charge in [-0.1, -0.05) is 6.92 Å². The lowest BCUT2D eigenvalue weighted by molar-refractivity contribution is 0.0910. The minimum Gasteiger partial charge on any atom is -0.376 e. The molecule has 0 saturated carbocycles. The van der Waals surface area contributed by atoms with Crippen LogP contribution in [-0.2, 0) is 4.74 Å². The van der Waals surface area contributed by atoms with Crippen molar-refractivity contribution in [2.24, 2.45) is 5.92 Å². The first-order chi connectivity index (χ1) is 7.09. The van der Waals surface area contributed by atoms with Crippen LogP contribution >= 0.6 is 38.9 Å². The van der Waals surface area contributed by atoms with Gasteiger partial charge in [0.15, 0.2) is 0 Å². The third-order valence-corrected chi connectivity index (χ3v) is 5.71. The third kappa shape index (κ3) is 2.41. The summed E-state index contributed by atoms with van der Waals surface area (Å²) in [6.45, 7) is 5.16. The molecule has 1 aromatic rings. The summed E-state index contributed by atoms with van der Waals surface area (Å²) in [7, 11) is 0. The number of rotatable bonds is 2. The summed E-state index contributed by atoms with van der Waals surface area (Å²) in [5, 5.41) is -0.00231. The summed E-state index contributed by atoms with van der Waals surface area (Å²) in [5.74, 6) is 0.564. The molecule has 0 N–H and O–H groups in total. The van der Waals surface area contributed by atoms with Crippen molar-refractivity contribution in [3.8, 4) is 0 Å². The van der Waals surface area contributed by atoms with Crippen molar-refractivity contribution in [1.29, 1.82) is 0 Å². The fourth-order valence-electron chi connectivity index (χ4n) is 1.87. The monoisotopic (exact) mass is 308 g/mol. The van der Waals surface area contributed by atoms with Gasteiger partial charge in [-0.15, -0.1) is 22.9 Å². The van der Waals surface area contributed by atoms with Gasteiger partial charge in [-0.25, -0.2) is 0 Å². The number of aryl methyl sites for hydroxylation is 1. The fourth-order valence-corrected chi connectivity index (χ4v) is 3.96. The topological polar surface area (TPSA) is 9.23 Å². The highest BCUT2D eigenvalue weighted by molar-refractivity contribution is 9.10. The largest absolute Gasteiger partial charge is 0.376 e. The maximum absolute atomic E-state index is 6.46. The fraction of sp³-hybridized carbons (Fsp3) is 0.636. The summed E-state index contributed by atoms with van der Waals surface area (Å²) in [4.78, 5) is 2.49. The molecule has 0 spiro atoms. The van der Waals surface area contributed by atoms with Crippen molar-refractivity contribution in [3.05, 3.63) is 20.3 Å². The quantitative estimate of drug-likeness (QED) is 0.730. The zero-order valence-corrected chi connectivity index (χ0v) is 12.0. The van der Waals surface area contributed by atoms with E-state index in [2.05, 4.69) is 35.8 Å². The second-order valence-corrected chi connectivity index (χ2v) is 6.67. The van der Waals surface area contributed by atoms with Crippen molar-refractivity contribution in [1.82, 2.24) is 0 Å². The molecule has 3 unspecified atom stereocenters. The van der Waals surface area contributed by atoms with Crippen molar-refractivity contribution >= 4 is 38.9 Å². The zero-order chi connectivity index (χ0) is 11.0. The van der Waals surface area contributed by atoms with E-state index in [0.717, 1.165) is 17.5 Å². The van der Waals surface area contributed by atoms with Crippen molar-refractivity contribution in [2.45, 2.75) is 31.7 Å². The predicted molar refractivity (Wildman–Crippen MR) is 68.9 cm³/mol. The first kappa shape index (κ1) is 11.9. The molecule has 1 saturated heterocycles. The molecule has 1 nitrogen and oxygen atoms in total. The molecular formula is C11H14BrClOS. The van der Waals surface area contributed by atoms with Gasteiger partial charge in [0.1, 0.15) is 0 Å². The van der Waals surface area contributed by atoms with E-state index in [1.807, 2.05) is 0 Å². The molecule has 0 radical (unpaired) electrons. The highest BCUT2D eigenvalue weighted by atomic mass is 79.9. The van der Waals surface area contributed by atoms with Crippen LogP contribution in [-0.4, -0.2) is 12.7 Å².